The number of benzene rings is 3. The van der Waals surface area contributed by atoms with E-state index < -0.39 is 0 Å². The Hall–Kier alpha value is -3.39. The summed E-state index contributed by atoms with van der Waals surface area (Å²) in [6.45, 7) is 13.2. The van der Waals surface area contributed by atoms with Gasteiger partial charge in [-0.15, -0.1) is 0 Å². The van der Waals surface area contributed by atoms with Gasteiger partial charge in [0, 0.05) is 41.5 Å². The Bertz CT molecular complexity index is 1330. The molecule has 1 aliphatic heterocycles. The molecule has 5 rings (SSSR count). The zero-order valence-corrected chi connectivity index (χ0v) is 19.4. The van der Waals surface area contributed by atoms with E-state index in [0.29, 0.717) is 10.7 Å². The number of rotatable bonds is 3. The van der Waals surface area contributed by atoms with E-state index in [4.69, 9.17) is 27.9 Å². The fraction of sp³-hybridized carbons (Fsp3) is 0.214. The molecule has 0 radical (unpaired) electrons. The summed E-state index contributed by atoms with van der Waals surface area (Å²) in [4.78, 5) is 10.6. The van der Waals surface area contributed by atoms with Gasteiger partial charge >= 0.3 is 0 Å². The molecule has 2 atom stereocenters. The van der Waals surface area contributed by atoms with E-state index in [-0.39, 0.29) is 12.2 Å². The van der Waals surface area contributed by atoms with E-state index in [0.717, 1.165) is 46.2 Å². The molecule has 0 saturated carbocycles. The highest BCUT2D eigenvalue weighted by Gasteiger charge is 2.22. The third-order valence-corrected chi connectivity index (χ3v) is 6.51. The van der Waals surface area contributed by atoms with Crippen LogP contribution in [0.4, 0.5) is 11.4 Å². The molecule has 1 aliphatic rings. The van der Waals surface area contributed by atoms with Gasteiger partial charge in [0.05, 0.1) is 29.3 Å². The van der Waals surface area contributed by atoms with Crippen molar-refractivity contribution in [2.75, 3.05) is 18.0 Å². The number of hydrogen-bond acceptors (Lipinski definition) is 3. The molecule has 0 unspecified atom stereocenters. The third kappa shape index (κ3) is 4.18. The van der Waals surface area contributed by atoms with Crippen LogP contribution in [0.3, 0.4) is 0 Å². The van der Waals surface area contributed by atoms with Crippen molar-refractivity contribution < 1.29 is 4.74 Å². The maximum atomic E-state index is 7.16. The number of fused-ring (bicyclic) bond motifs is 1. The van der Waals surface area contributed by atoms with E-state index >= 15 is 0 Å². The standard InChI is InChI=1S/C28H24ClN3O/c1-18-16-32(17-19(2)33-18)23-13-9-21(10-14-23)26-15-31-28-24(5-4-6-25(28)27(26)29)20-7-11-22(30-3)12-8-20/h4-15,18-19H,16-17H2,1-2H3/t18-,19+. The zero-order chi connectivity index (χ0) is 22.9. The molecule has 2 heterocycles. The maximum Gasteiger partial charge on any atom is 0.187 e. The number of morpholine rings is 1. The first kappa shape index (κ1) is 21.5. The van der Waals surface area contributed by atoms with Gasteiger partial charge in [-0.05, 0) is 37.1 Å². The molecule has 4 nitrogen and oxygen atoms in total. The highest BCUT2D eigenvalue weighted by molar-refractivity contribution is 6.38. The summed E-state index contributed by atoms with van der Waals surface area (Å²) < 4.78 is 5.86. The minimum absolute atomic E-state index is 0.222. The van der Waals surface area contributed by atoms with E-state index in [9.17, 15) is 0 Å². The number of anilines is 1. The zero-order valence-electron chi connectivity index (χ0n) is 18.6. The summed E-state index contributed by atoms with van der Waals surface area (Å²) in [5.74, 6) is 0. The van der Waals surface area contributed by atoms with Crippen LogP contribution >= 0.6 is 11.6 Å². The van der Waals surface area contributed by atoms with Crippen LogP contribution in [0.2, 0.25) is 5.02 Å². The summed E-state index contributed by atoms with van der Waals surface area (Å²) in [5.41, 5.74) is 6.65. The molecule has 0 amide bonds. The topological polar surface area (TPSA) is 29.7 Å². The van der Waals surface area contributed by atoms with E-state index in [1.807, 2.05) is 48.7 Å². The van der Waals surface area contributed by atoms with Gasteiger partial charge in [-0.2, -0.15) is 0 Å². The first-order chi connectivity index (χ1) is 16.0. The second-order valence-corrected chi connectivity index (χ2v) is 8.93. The van der Waals surface area contributed by atoms with Crippen molar-refractivity contribution in [3.8, 4) is 22.3 Å². The molecule has 1 aromatic heterocycles. The summed E-state index contributed by atoms with van der Waals surface area (Å²) in [6, 6.07) is 22.1. The summed E-state index contributed by atoms with van der Waals surface area (Å²) in [5, 5.41) is 1.61. The number of ether oxygens (including phenoxy) is 1. The van der Waals surface area contributed by atoms with E-state index in [2.05, 4.69) is 47.9 Å². The molecule has 0 bridgehead atoms. The lowest BCUT2D eigenvalue weighted by Crippen LogP contribution is -2.45. The van der Waals surface area contributed by atoms with Gasteiger partial charge < -0.3 is 9.64 Å². The van der Waals surface area contributed by atoms with Crippen molar-refractivity contribution in [3.05, 3.63) is 89.4 Å². The predicted molar refractivity (Wildman–Crippen MR) is 136 cm³/mol. The summed E-state index contributed by atoms with van der Waals surface area (Å²) >= 11 is 6.90. The van der Waals surface area contributed by atoms with Gasteiger partial charge in [-0.25, -0.2) is 4.85 Å². The second-order valence-electron chi connectivity index (χ2n) is 8.56. The van der Waals surface area contributed by atoms with Crippen molar-refractivity contribution >= 4 is 33.9 Å². The molecular formula is C28H24ClN3O. The van der Waals surface area contributed by atoms with Crippen LogP contribution in [0.5, 0.6) is 0 Å². The SMILES string of the molecule is [C-]#[N+]c1ccc(-c2cccc3c(Cl)c(-c4ccc(N5C[C@@H](C)O[C@@H](C)C5)cc4)cnc23)cc1. The Morgan fingerprint density at radius 1 is 0.909 bits per heavy atom. The van der Waals surface area contributed by atoms with Crippen LogP contribution in [-0.4, -0.2) is 30.3 Å². The van der Waals surface area contributed by atoms with Crippen molar-refractivity contribution in [1.82, 2.24) is 4.98 Å². The monoisotopic (exact) mass is 453 g/mol. The molecular weight excluding hydrogens is 430 g/mol. The fourth-order valence-corrected chi connectivity index (χ4v) is 4.89. The second kappa shape index (κ2) is 8.86. The number of pyridine rings is 1. The van der Waals surface area contributed by atoms with Crippen molar-refractivity contribution in [2.24, 2.45) is 0 Å². The lowest BCUT2D eigenvalue weighted by molar-refractivity contribution is -0.00521. The number of hydrogen-bond donors (Lipinski definition) is 0. The van der Waals surface area contributed by atoms with Gasteiger partial charge in [0.2, 0.25) is 0 Å². The Balaban J connectivity index is 1.49. The lowest BCUT2D eigenvalue weighted by Gasteiger charge is -2.36. The molecule has 3 aromatic carbocycles. The normalized spacial score (nSPS) is 18.3. The number of nitrogens with zero attached hydrogens (tertiary/aromatic N) is 3. The lowest BCUT2D eigenvalue weighted by atomic mass is 9.99. The van der Waals surface area contributed by atoms with Crippen LogP contribution in [-0.2, 0) is 4.74 Å². The molecule has 5 heteroatoms. The van der Waals surface area contributed by atoms with Gasteiger partial charge in [-0.3, -0.25) is 4.98 Å². The molecule has 0 spiro atoms. The average Bonchev–Trinajstić information content (AvgIpc) is 2.84. The molecule has 0 N–H and O–H groups in total. The molecule has 33 heavy (non-hydrogen) atoms. The molecule has 1 fully saturated rings. The number of para-hydroxylation sites is 1. The van der Waals surface area contributed by atoms with Crippen molar-refractivity contribution in [2.45, 2.75) is 26.1 Å². The van der Waals surface area contributed by atoms with E-state index in [1.54, 1.807) is 0 Å². The highest BCUT2D eigenvalue weighted by atomic mass is 35.5. The Labute approximate surface area is 199 Å². The predicted octanol–water partition coefficient (Wildman–Crippen LogP) is 7.39. The van der Waals surface area contributed by atoms with Gasteiger partial charge in [0.15, 0.2) is 5.69 Å². The van der Waals surface area contributed by atoms with Crippen LogP contribution in [0.1, 0.15) is 13.8 Å². The van der Waals surface area contributed by atoms with Crippen LogP contribution in [0.25, 0.3) is 38.0 Å². The summed E-state index contributed by atoms with van der Waals surface area (Å²) in [6.07, 6.45) is 2.30. The van der Waals surface area contributed by atoms with E-state index in [1.165, 1.54) is 5.69 Å². The first-order valence-electron chi connectivity index (χ1n) is 11.1. The molecule has 4 aromatic rings. The third-order valence-electron chi connectivity index (χ3n) is 6.10. The van der Waals surface area contributed by atoms with Crippen LogP contribution < -0.4 is 4.90 Å². The van der Waals surface area contributed by atoms with Crippen molar-refractivity contribution in [1.29, 1.82) is 0 Å². The minimum Gasteiger partial charge on any atom is -0.372 e. The maximum absolute atomic E-state index is 7.16. The largest absolute Gasteiger partial charge is 0.372 e. The Morgan fingerprint density at radius 3 is 2.21 bits per heavy atom. The van der Waals surface area contributed by atoms with Gasteiger partial charge in [-0.1, -0.05) is 66.2 Å². The number of halogens is 1. The molecule has 1 saturated heterocycles. The fourth-order valence-electron chi connectivity index (χ4n) is 4.58. The average molecular weight is 454 g/mol. The van der Waals surface area contributed by atoms with Gasteiger partial charge in [0.1, 0.15) is 0 Å². The van der Waals surface area contributed by atoms with Crippen LogP contribution in [0.15, 0.2) is 72.9 Å². The highest BCUT2D eigenvalue weighted by Crippen LogP contribution is 2.37. The smallest absolute Gasteiger partial charge is 0.187 e. The van der Waals surface area contributed by atoms with Crippen molar-refractivity contribution in [3.63, 3.8) is 0 Å². The summed E-state index contributed by atoms with van der Waals surface area (Å²) in [7, 11) is 0. The minimum atomic E-state index is 0.222. The number of aromatic nitrogens is 1. The Morgan fingerprint density at radius 2 is 1.55 bits per heavy atom. The Kier molecular flexibility index (Phi) is 5.76. The van der Waals surface area contributed by atoms with Gasteiger partial charge in [0.25, 0.3) is 0 Å². The van der Waals surface area contributed by atoms with Crippen LogP contribution in [0, 0.1) is 6.57 Å². The molecule has 164 valence electrons. The molecule has 0 aliphatic carbocycles. The first-order valence-corrected chi connectivity index (χ1v) is 11.5. The quantitative estimate of drug-likeness (QED) is 0.303.